The van der Waals surface area contributed by atoms with Crippen LogP contribution in [0.4, 0.5) is 8.78 Å². The van der Waals surface area contributed by atoms with Gasteiger partial charge < -0.3 is 0 Å². The lowest BCUT2D eigenvalue weighted by atomic mass is 10.3. The molecular formula is C8H5F2NS. The summed E-state index contributed by atoms with van der Waals surface area (Å²) in [5.74, 6) is -0.868. The van der Waals surface area contributed by atoms with Crippen LogP contribution in [0, 0.1) is 18.6 Å². The maximum absolute atomic E-state index is 13.0. The van der Waals surface area contributed by atoms with Crippen molar-refractivity contribution in [1.82, 2.24) is 4.98 Å². The van der Waals surface area contributed by atoms with Gasteiger partial charge in [0.05, 0.1) is 9.71 Å². The number of thiazole rings is 1. The summed E-state index contributed by atoms with van der Waals surface area (Å²) >= 11 is 1.17. The second-order valence-electron chi connectivity index (χ2n) is 2.44. The maximum Gasteiger partial charge on any atom is 0.150 e. The van der Waals surface area contributed by atoms with Crippen LogP contribution in [0.25, 0.3) is 10.2 Å². The van der Waals surface area contributed by atoms with Crippen molar-refractivity contribution in [3.05, 3.63) is 28.8 Å². The average Bonchev–Trinajstić information content (AvgIpc) is 2.41. The maximum atomic E-state index is 13.0. The van der Waals surface area contributed by atoms with Crippen LogP contribution in [0.1, 0.15) is 5.01 Å². The van der Waals surface area contributed by atoms with Crippen molar-refractivity contribution in [2.24, 2.45) is 0 Å². The van der Waals surface area contributed by atoms with Gasteiger partial charge in [-0.25, -0.2) is 13.8 Å². The Labute approximate surface area is 71.7 Å². The highest BCUT2D eigenvalue weighted by Crippen LogP contribution is 2.26. The smallest absolute Gasteiger partial charge is 0.150 e. The molecule has 4 heteroatoms. The van der Waals surface area contributed by atoms with Gasteiger partial charge in [-0.2, -0.15) is 0 Å². The predicted octanol–water partition coefficient (Wildman–Crippen LogP) is 2.88. The summed E-state index contributed by atoms with van der Waals surface area (Å²) in [6, 6.07) is 2.21. The Hall–Kier alpha value is -1.03. The van der Waals surface area contributed by atoms with Crippen molar-refractivity contribution in [3.63, 3.8) is 0 Å². The van der Waals surface area contributed by atoms with Gasteiger partial charge in [-0.15, -0.1) is 11.3 Å². The van der Waals surface area contributed by atoms with E-state index in [-0.39, 0.29) is 5.52 Å². The van der Waals surface area contributed by atoms with Crippen LogP contribution in [0.15, 0.2) is 12.1 Å². The van der Waals surface area contributed by atoms with Crippen LogP contribution >= 0.6 is 11.3 Å². The van der Waals surface area contributed by atoms with Crippen LogP contribution in [-0.2, 0) is 0 Å². The molecule has 0 N–H and O–H groups in total. The number of nitrogens with zero attached hydrogens (tertiary/aromatic N) is 1. The number of benzene rings is 1. The lowest BCUT2D eigenvalue weighted by molar-refractivity contribution is 0.617. The molecule has 12 heavy (non-hydrogen) atoms. The number of fused-ring (bicyclic) bond motifs is 1. The van der Waals surface area contributed by atoms with Gasteiger partial charge in [-0.1, -0.05) is 0 Å². The second kappa shape index (κ2) is 2.48. The molecule has 0 fully saturated rings. The fourth-order valence-electron chi connectivity index (χ4n) is 1.05. The van der Waals surface area contributed by atoms with E-state index in [2.05, 4.69) is 4.98 Å². The molecule has 2 rings (SSSR count). The van der Waals surface area contributed by atoms with E-state index in [1.165, 1.54) is 11.3 Å². The Kier molecular flexibility index (Phi) is 1.58. The van der Waals surface area contributed by atoms with Gasteiger partial charge in [-0.05, 0) is 19.1 Å². The van der Waals surface area contributed by atoms with Gasteiger partial charge in [0.1, 0.15) is 11.3 Å². The van der Waals surface area contributed by atoms with E-state index in [0.717, 1.165) is 12.1 Å². The zero-order chi connectivity index (χ0) is 8.72. The van der Waals surface area contributed by atoms with Crippen molar-refractivity contribution >= 4 is 21.6 Å². The molecule has 0 saturated heterocycles. The summed E-state index contributed by atoms with van der Waals surface area (Å²) in [7, 11) is 0. The summed E-state index contributed by atoms with van der Waals surface area (Å²) in [6.45, 7) is 1.73. The number of hydrogen-bond donors (Lipinski definition) is 0. The van der Waals surface area contributed by atoms with Crippen molar-refractivity contribution in [1.29, 1.82) is 0 Å². The molecule has 0 unspecified atom stereocenters. The molecule has 0 radical (unpaired) electrons. The minimum atomic E-state index is -0.462. The molecule has 62 valence electrons. The highest BCUT2D eigenvalue weighted by molar-refractivity contribution is 7.18. The summed E-state index contributed by atoms with van der Waals surface area (Å²) in [5, 5.41) is 0.675. The molecule has 0 aliphatic heterocycles. The second-order valence-corrected chi connectivity index (χ2v) is 3.64. The van der Waals surface area contributed by atoms with Gasteiger partial charge in [0.2, 0.25) is 0 Å². The molecule has 1 heterocycles. The van der Waals surface area contributed by atoms with Gasteiger partial charge >= 0.3 is 0 Å². The van der Waals surface area contributed by atoms with E-state index < -0.39 is 11.6 Å². The Bertz CT molecular complexity index is 397. The predicted molar refractivity (Wildman–Crippen MR) is 44.3 cm³/mol. The van der Waals surface area contributed by atoms with Gasteiger partial charge in [0.15, 0.2) is 5.82 Å². The normalized spacial score (nSPS) is 10.9. The van der Waals surface area contributed by atoms with E-state index in [4.69, 9.17) is 0 Å². The van der Waals surface area contributed by atoms with E-state index >= 15 is 0 Å². The van der Waals surface area contributed by atoms with E-state index in [9.17, 15) is 8.78 Å². The minimum absolute atomic E-state index is 0.137. The van der Waals surface area contributed by atoms with Crippen molar-refractivity contribution < 1.29 is 8.78 Å². The van der Waals surface area contributed by atoms with Gasteiger partial charge in [-0.3, -0.25) is 0 Å². The Balaban J connectivity index is 2.93. The van der Waals surface area contributed by atoms with E-state index in [1.54, 1.807) is 6.92 Å². The molecule has 0 aliphatic carbocycles. The Morgan fingerprint density at radius 1 is 1.25 bits per heavy atom. The lowest BCUT2D eigenvalue weighted by Gasteiger charge is -1.90. The number of halogens is 2. The molecule has 2 aromatic rings. The van der Waals surface area contributed by atoms with Crippen molar-refractivity contribution in [2.75, 3.05) is 0 Å². The quantitative estimate of drug-likeness (QED) is 0.615. The van der Waals surface area contributed by atoms with Gasteiger partial charge in [0.25, 0.3) is 0 Å². The number of aryl methyl sites for hydroxylation is 1. The van der Waals surface area contributed by atoms with E-state index in [1.807, 2.05) is 0 Å². The third-order valence-corrected chi connectivity index (χ3v) is 2.53. The topological polar surface area (TPSA) is 12.9 Å². The summed E-state index contributed by atoms with van der Waals surface area (Å²) in [5.41, 5.74) is 0.137. The molecule has 1 aromatic carbocycles. The molecule has 1 nitrogen and oxygen atoms in total. The standard InChI is InChI=1S/C8H5F2NS/c1-4-11-7-5(9)2-3-6(10)8(7)12-4/h2-3H,1H3. The highest BCUT2D eigenvalue weighted by atomic mass is 32.1. The fourth-order valence-corrected chi connectivity index (χ4v) is 1.89. The lowest BCUT2D eigenvalue weighted by Crippen LogP contribution is -1.80. The fraction of sp³-hybridized carbons (Fsp3) is 0.125. The third kappa shape index (κ3) is 0.992. The first-order chi connectivity index (χ1) is 5.68. The zero-order valence-electron chi connectivity index (χ0n) is 6.27. The Morgan fingerprint density at radius 2 is 1.92 bits per heavy atom. The number of aromatic nitrogens is 1. The Morgan fingerprint density at radius 3 is 2.58 bits per heavy atom. The van der Waals surface area contributed by atoms with Crippen LogP contribution in [0.5, 0.6) is 0 Å². The molecule has 0 bridgehead atoms. The average molecular weight is 185 g/mol. The van der Waals surface area contributed by atoms with Crippen molar-refractivity contribution in [3.8, 4) is 0 Å². The number of hydrogen-bond acceptors (Lipinski definition) is 2. The van der Waals surface area contributed by atoms with Crippen LogP contribution in [0.2, 0.25) is 0 Å². The summed E-state index contributed by atoms with van der Waals surface area (Å²) < 4.78 is 26.2. The summed E-state index contributed by atoms with van der Waals surface area (Å²) in [4.78, 5) is 3.88. The molecule has 0 aliphatic rings. The zero-order valence-corrected chi connectivity index (χ0v) is 7.08. The first-order valence-electron chi connectivity index (χ1n) is 3.39. The molecule has 0 spiro atoms. The third-order valence-electron chi connectivity index (χ3n) is 1.55. The van der Waals surface area contributed by atoms with Gasteiger partial charge in [0, 0.05) is 0 Å². The van der Waals surface area contributed by atoms with Crippen molar-refractivity contribution in [2.45, 2.75) is 6.92 Å². The number of rotatable bonds is 0. The highest BCUT2D eigenvalue weighted by Gasteiger charge is 2.09. The van der Waals surface area contributed by atoms with Crippen LogP contribution < -0.4 is 0 Å². The molecule has 1 aromatic heterocycles. The molecule has 0 saturated carbocycles. The van der Waals surface area contributed by atoms with Crippen LogP contribution in [-0.4, -0.2) is 4.98 Å². The summed E-state index contributed by atoms with van der Waals surface area (Å²) in [6.07, 6.45) is 0. The molecule has 0 amide bonds. The monoisotopic (exact) mass is 185 g/mol. The molecule has 0 atom stereocenters. The first kappa shape index (κ1) is 7.61. The first-order valence-corrected chi connectivity index (χ1v) is 4.21. The van der Waals surface area contributed by atoms with Crippen LogP contribution in [0.3, 0.4) is 0 Å². The molecular weight excluding hydrogens is 180 g/mol. The van der Waals surface area contributed by atoms with E-state index in [0.29, 0.717) is 9.71 Å². The SMILES string of the molecule is Cc1nc2c(F)ccc(F)c2s1. The largest absolute Gasteiger partial charge is 0.238 e. The minimum Gasteiger partial charge on any atom is -0.238 e.